The van der Waals surface area contributed by atoms with Crippen LogP contribution in [0.5, 0.6) is 0 Å². The van der Waals surface area contributed by atoms with Gasteiger partial charge in [-0.2, -0.15) is 5.10 Å². The number of aromatic amines is 2. The summed E-state index contributed by atoms with van der Waals surface area (Å²) in [5.41, 5.74) is 11.0. The third kappa shape index (κ3) is 4.57. The van der Waals surface area contributed by atoms with Crippen LogP contribution < -0.4 is 11.3 Å². The first-order chi connectivity index (χ1) is 16.3. The summed E-state index contributed by atoms with van der Waals surface area (Å²) in [5, 5.41) is 7.86. The summed E-state index contributed by atoms with van der Waals surface area (Å²) in [6.45, 7) is 8.11. The lowest BCUT2D eigenvalue weighted by atomic mass is 9.99. The summed E-state index contributed by atoms with van der Waals surface area (Å²) in [4.78, 5) is 35.6. The van der Waals surface area contributed by atoms with E-state index in [2.05, 4.69) is 27.1 Å². The molecule has 0 radical (unpaired) electrons. The highest BCUT2D eigenvalue weighted by Crippen LogP contribution is 2.28. The van der Waals surface area contributed by atoms with Crippen molar-refractivity contribution in [1.82, 2.24) is 25.1 Å². The van der Waals surface area contributed by atoms with Crippen LogP contribution in [-0.4, -0.2) is 37.0 Å². The monoisotopic (exact) mass is 458 g/mol. The van der Waals surface area contributed by atoms with E-state index in [1.54, 1.807) is 23.4 Å². The number of fused-ring (bicyclic) bond motifs is 1. The average Bonchev–Trinajstić information content (AvgIpc) is 3.27. The van der Waals surface area contributed by atoms with E-state index in [1.807, 2.05) is 45.0 Å². The fourth-order valence-electron chi connectivity index (χ4n) is 4.24. The molecule has 0 unspecified atom stereocenters. The van der Waals surface area contributed by atoms with Gasteiger partial charge in [0.25, 0.3) is 11.5 Å². The molecular weight excluding hydrogens is 428 g/mol. The highest BCUT2D eigenvalue weighted by atomic mass is 16.2. The van der Waals surface area contributed by atoms with Crippen molar-refractivity contribution >= 4 is 22.6 Å². The number of nitrogens with two attached hydrogens (primary N) is 1. The largest absolute Gasteiger partial charge is 0.384 e. The smallest absolute Gasteiger partial charge is 0.255 e. The van der Waals surface area contributed by atoms with Crippen LogP contribution in [0, 0.1) is 6.92 Å². The fourth-order valence-corrected chi connectivity index (χ4v) is 4.24. The number of H-pyrrole nitrogens is 2. The quantitative estimate of drug-likeness (QED) is 0.383. The van der Waals surface area contributed by atoms with E-state index < -0.39 is 0 Å². The average molecular weight is 459 g/mol. The lowest BCUT2D eigenvalue weighted by Gasteiger charge is -2.28. The Morgan fingerprint density at radius 3 is 2.62 bits per heavy atom. The molecule has 0 aliphatic rings. The zero-order chi connectivity index (χ0) is 24.4. The van der Waals surface area contributed by atoms with Gasteiger partial charge in [-0.05, 0) is 68.7 Å². The van der Waals surface area contributed by atoms with Crippen molar-refractivity contribution in [2.75, 3.05) is 5.73 Å². The maximum Gasteiger partial charge on any atom is 0.255 e. The van der Waals surface area contributed by atoms with Crippen molar-refractivity contribution in [3.63, 3.8) is 0 Å². The van der Waals surface area contributed by atoms with Gasteiger partial charge in [-0.1, -0.05) is 13.3 Å². The van der Waals surface area contributed by atoms with Gasteiger partial charge in [-0.3, -0.25) is 14.7 Å². The van der Waals surface area contributed by atoms with Crippen LogP contribution in [0.15, 0.2) is 47.5 Å². The van der Waals surface area contributed by atoms with Gasteiger partial charge in [0.2, 0.25) is 0 Å². The standard InChI is InChI=1S/C26H30N6O2/c1-5-6-17-9-16(4)30-25(33)22(17)14-32(15(2)3)26(34)20-10-19(11-23-21(20)13-29-31-23)18-7-8-24(27)28-12-18/h7-13,15H,5-6,14H2,1-4H3,(H2,27,28)(H,29,31)(H,30,33). The number of carbonyl (C=O) groups is 1. The van der Waals surface area contributed by atoms with Crippen LogP contribution in [0.1, 0.15) is 54.4 Å². The number of aryl methyl sites for hydroxylation is 2. The Kier molecular flexibility index (Phi) is 6.49. The number of amides is 1. The predicted molar refractivity (Wildman–Crippen MR) is 135 cm³/mol. The van der Waals surface area contributed by atoms with Crippen molar-refractivity contribution in [3.8, 4) is 11.1 Å². The Hall–Kier alpha value is -3.94. The maximum atomic E-state index is 13.9. The van der Waals surface area contributed by atoms with E-state index in [0.717, 1.165) is 46.1 Å². The topological polar surface area (TPSA) is 121 Å². The highest BCUT2D eigenvalue weighted by Gasteiger charge is 2.24. The zero-order valence-electron chi connectivity index (χ0n) is 20.0. The Morgan fingerprint density at radius 2 is 1.94 bits per heavy atom. The van der Waals surface area contributed by atoms with Crippen LogP contribution in [-0.2, 0) is 13.0 Å². The second-order valence-corrected chi connectivity index (χ2v) is 8.89. The van der Waals surface area contributed by atoms with E-state index in [0.29, 0.717) is 16.9 Å². The van der Waals surface area contributed by atoms with Crippen LogP contribution in [0.25, 0.3) is 22.0 Å². The number of nitrogens with zero attached hydrogens (tertiary/aromatic N) is 3. The van der Waals surface area contributed by atoms with Crippen LogP contribution >= 0.6 is 0 Å². The minimum atomic E-state index is -0.158. The van der Waals surface area contributed by atoms with E-state index >= 15 is 0 Å². The molecule has 176 valence electrons. The number of hydrogen-bond donors (Lipinski definition) is 3. The Balaban J connectivity index is 1.79. The van der Waals surface area contributed by atoms with Gasteiger partial charge in [0, 0.05) is 34.4 Å². The van der Waals surface area contributed by atoms with Crippen molar-refractivity contribution in [3.05, 3.63) is 75.5 Å². The molecule has 1 aromatic carbocycles. The van der Waals surface area contributed by atoms with Crippen molar-refractivity contribution in [1.29, 1.82) is 0 Å². The summed E-state index contributed by atoms with van der Waals surface area (Å²) >= 11 is 0. The van der Waals surface area contributed by atoms with Crippen LogP contribution in [0.3, 0.4) is 0 Å². The molecule has 0 aliphatic carbocycles. The molecule has 1 amide bonds. The van der Waals surface area contributed by atoms with E-state index in [-0.39, 0.29) is 24.1 Å². The predicted octanol–water partition coefficient (Wildman–Crippen LogP) is 4.21. The van der Waals surface area contributed by atoms with E-state index in [4.69, 9.17) is 5.73 Å². The number of aromatic nitrogens is 4. The summed E-state index contributed by atoms with van der Waals surface area (Å²) in [7, 11) is 0. The molecule has 0 saturated carbocycles. The molecule has 0 bridgehead atoms. The first-order valence-electron chi connectivity index (χ1n) is 11.5. The van der Waals surface area contributed by atoms with Gasteiger partial charge in [0.1, 0.15) is 5.82 Å². The minimum absolute atomic E-state index is 0.119. The molecule has 8 heteroatoms. The van der Waals surface area contributed by atoms with Crippen LogP contribution in [0.4, 0.5) is 5.82 Å². The molecule has 4 aromatic rings. The molecule has 0 spiro atoms. The number of benzene rings is 1. The normalized spacial score (nSPS) is 11.3. The number of nitrogen functional groups attached to an aromatic ring is 1. The molecule has 0 aliphatic heterocycles. The zero-order valence-corrected chi connectivity index (χ0v) is 20.0. The lowest BCUT2D eigenvalue weighted by Crippen LogP contribution is -2.38. The maximum absolute atomic E-state index is 13.9. The third-order valence-corrected chi connectivity index (χ3v) is 6.00. The van der Waals surface area contributed by atoms with Crippen molar-refractivity contribution in [2.24, 2.45) is 0 Å². The lowest BCUT2D eigenvalue weighted by molar-refractivity contribution is 0.0691. The number of pyridine rings is 2. The molecule has 0 atom stereocenters. The van der Waals surface area contributed by atoms with E-state index in [9.17, 15) is 9.59 Å². The Bertz CT molecular complexity index is 1380. The second-order valence-electron chi connectivity index (χ2n) is 8.89. The molecule has 0 saturated heterocycles. The summed E-state index contributed by atoms with van der Waals surface area (Å²) in [6.07, 6.45) is 5.04. The second kappa shape index (κ2) is 9.51. The molecule has 4 N–H and O–H groups in total. The molecule has 4 rings (SSSR count). The Labute approximate surface area is 198 Å². The third-order valence-electron chi connectivity index (χ3n) is 6.00. The number of rotatable bonds is 7. The first-order valence-corrected chi connectivity index (χ1v) is 11.5. The van der Waals surface area contributed by atoms with Gasteiger partial charge in [0.15, 0.2) is 0 Å². The van der Waals surface area contributed by atoms with E-state index in [1.165, 1.54) is 0 Å². The first kappa shape index (κ1) is 23.2. The van der Waals surface area contributed by atoms with Gasteiger partial charge in [-0.25, -0.2) is 4.98 Å². The summed E-state index contributed by atoms with van der Waals surface area (Å²) in [6, 6.07) is 9.29. The highest BCUT2D eigenvalue weighted by molar-refractivity contribution is 6.07. The molecule has 3 heterocycles. The fraction of sp³-hybridized carbons (Fsp3) is 0.308. The molecule has 8 nitrogen and oxygen atoms in total. The van der Waals surface area contributed by atoms with Gasteiger partial charge in [-0.15, -0.1) is 0 Å². The van der Waals surface area contributed by atoms with Gasteiger partial charge >= 0.3 is 0 Å². The van der Waals surface area contributed by atoms with Gasteiger partial charge in [0.05, 0.1) is 23.8 Å². The number of hydrogen-bond acceptors (Lipinski definition) is 5. The SMILES string of the molecule is CCCc1cc(C)[nH]c(=O)c1CN(C(=O)c1cc(-c2ccc(N)nc2)cc2[nH]ncc12)C(C)C. The minimum Gasteiger partial charge on any atom is -0.384 e. The summed E-state index contributed by atoms with van der Waals surface area (Å²) < 4.78 is 0. The molecule has 3 aromatic heterocycles. The molecule has 34 heavy (non-hydrogen) atoms. The van der Waals surface area contributed by atoms with Gasteiger partial charge < -0.3 is 15.6 Å². The number of nitrogens with one attached hydrogen (secondary N) is 2. The molecule has 0 fully saturated rings. The number of anilines is 1. The van der Waals surface area contributed by atoms with Crippen molar-refractivity contribution < 1.29 is 4.79 Å². The Morgan fingerprint density at radius 1 is 1.15 bits per heavy atom. The number of carbonyl (C=O) groups excluding carboxylic acids is 1. The van der Waals surface area contributed by atoms with Crippen molar-refractivity contribution in [2.45, 2.75) is 53.1 Å². The summed E-state index contributed by atoms with van der Waals surface area (Å²) in [5.74, 6) is 0.272. The van der Waals surface area contributed by atoms with Crippen LogP contribution in [0.2, 0.25) is 0 Å². The molecular formula is C26H30N6O2.